The van der Waals surface area contributed by atoms with Gasteiger partial charge in [-0.15, -0.1) is 0 Å². The third-order valence-corrected chi connectivity index (χ3v) is 2.20. The average molecular weight is 204 g/mol. The quantitative estimate of drug-likeness (QED) is 0.749. The lowest BCUT2D eigenvalue weighted by atomic mass is 9.94. The molecule has 0 heterocycles. The summed E-state index contributed by atoms with van der Waals surface area (Å²) < 4.78 is 4.95. The molecule has 0 unspecified atom stereocenters. The van der Waals surface area contributed by atoms with E-state index in [9.17, 15) is 14.7 Å². The summed E-state index contributed by atoms with van der Waals surface area (Å²) in [5.74, 6) is -0.477. The smallest absolute Gasteiger partial charge is 0.190 e. The lowest BCUT2D eigenvalue weighted by molar-refractivity contribution is 0.0991. The van der Waals surface area contributed by atoms with Crippen LogP contribution in [0, 0.1) is 0 Å². The minimum absolute atomic E-state index is 0.0953. The van der Waals surface area contributed by atoms with Gasteiger partial charge in [-0.05, 0) is 18.2 Å². The topological polar surface area (TPSA) is 63.6 Å². The number of carbonyl (C=O) groups is 2. The second-order valence-electron chi connectivity index (χ2n) is 3.13. The predicted octanol–water partition coefficient (Wildman–Crippen LogP) is 1.34. The van der Waals surface area contributed by atoms with Crippen molar-refractivity contribution >= 4 is 11.6 Å². The molecule has 1 aromatic rings. The molecule has 2 rings (SSSR count). The molecule has 1 aromatic carbocycles. The summed E-state index contributed by atoms with van der Waals surface area (Å²) in [6.07, 6.45) is 2.38. The Morgan fingerprint density at radius 3 is 2.47 bits per heavy atom. The number of phenolic OH excluding ortho intramolecular Hbond substituents is 1. The van der Waals surface area contributed by atoms with Crippen LogP contribution in [0.3, 0.4) is 0 Å². The molecule has 0 atom stereocenters. The monoisotopic (exact) mass is 204 g/mol. The van der Waals surface area contributed by atoms with Gasteiger partial charge in [0, 0.05) is 11.6 Å². The largest absolute Gasteiger partial charge is 0.508 e. The molecule has 4 heteroatoms. The molecule has 0 fully saturated rings. The van der Waals surface area contributed by atoms with Crippen LogP contribution in [0.5, 0.6) is 11.5 Å². The molecule has 0 bridgehead atoms. The second kappa shape index (κ2) is 3.24. The van der Waals surface area contributed by atoms with Crippen LogP contribution in [0.15, 0.2) is 24.3 Å². The highest BCUT2D eigenvalue weighted by Crippen LogP contribution is 2.31. The van der Waals surface area contributed by atoms with Crippen LogP contribution in [0.25, 0.3) is 0 Å². The number of hydrogen-bond donors (Lipinski definition) is 1. The Hall–Kier alpha value is -2.10. The third kappa shape index (κ3) is 1.40. The van der Waals surface area contributed by atoms with Crippen molar-refractivity contribution < 1.29 is 19.4 Å². The number of rotatable bonds is 1. The highest BCUT2D eigenvalue weighted by molar-refractivity contribution is 6.23. The van der Waals surface area contributed by atoms with Crippen LogP contribution in [0.2, 0.25) is 0 Å². The second-order valence-corrected chi connectivity index (χ2v) is 3.13. The number of methoxy groups -OCH3 is 1. The van der Waals surface area contributed by atoms with Gasteiger partial charge >= 0.3 is 0 Å². The predicted molar refractivity (Wildman–Crippen MR) is 52.5 cm³/mol. The van der Waals surface area contributed by atoms with Gasteiger partial charge in [-0.2, -0.15) is 0 Å². The first-order valence-corrected chi connectivity index (χ1v) is 4.31. The maximum atomic E-state index is 11.5. The van der Waals surface area contributed by atoms with Gasteiger partial charge in [-0.25, -0.2) is 0 Å². The number of allylic oxidation sites excluding steroid dienone is 2. The number of hydrogen-bond acceptors (Lipinski definition) is 4. The molecular formula is C11H8O4. The standard InChI is InChI=1S/C11H8O4/c1-15-10-5-6(12)4-7-8(13)2-3-9(14)11(7)10/h2-5,12H,1H3. The van der Waals surface area contributed by atoms with E-state index in [4.69, 9.17) is 4.74 Å². The summed E-state index contributed by atoms with van der Waals surface area (Å²) in [6, 6.07) is 2.57. The number of phenols is 1. The lowest BCUT2D eigenvalue weighted by Gasteiger charge is -2.13. The highest BCUT2D eigenvalue weighted by atomic mass is 16.5. The minimum Gasteiger partial charge on any atom is -0.508 e. The summed E-state index contributed by atoms with van der Waals surface area (Å²) >= 11 is 0. The fraction of sp³-hybridized carbons (Fsp3) is 0.0909. The molecule has 76 valence electrons. The van der Waals surface area contributed by atoms with Crippen molar-refractivity contribution in [3.63, 3.8) is 0 Å². The summed E-state index contributed by atoms with van der Waals surface area (Å²) in [4.78, 5) is 23.0. The first-order chi connectivity index (χ1) is 7.13. The van der Waals surface area contributed by atoms with Crippen molar-refractivity contribution in [3.05, 3.63) is 35.4 Å². The average Bonchev–Trinajstić information content (AvgIpc) is 2.22. The number of ether oxygens (including phenoxy) is 1. The molecule has 0 aromatic heterocycles. The van der Waals surface area contributed by atoms with Crippen LogP contribution in [0.4, 0.5) is 0 Å². The van der Waals surface area contributed by atoms with Gasteiger partial charge in [-0.3, -0.25) is 9.59 Å². The van der Waals surface area contributed by atoms with Crippen LogP contribution in [-0.4, -0.2) is 23.8 Å². The van der Waals surface area contributed by atoms with E-state index in [1.807, 2.05) is 0 Å². The van der Waals surface area contributed by atoms with Crippen molar-refractivity contribution in [2.45, 2.75) is 0 Å². The molecular weight excluding hydrogens is 196 g/mol. The third-order valence-electron chi connectivity index (χ3n) is 2.20. The van der Waals surface area contributed by atoms with Crippen molar-refractivity contribution in [2.75, 3.05) is 7.11 Å². The lowest BCUT2D eigenvalue weighted by Crippen LogP contribution is -2.12. The van der Waals surface area contributed by atoms with Crippen molar-refractivity contribution in [1.29, 1.82) is 0 Å². The normalized spacial score (nSPS) is 13.9. The van der Waals surface area contributed by atoms with Gasteiger partial charge in [0.1, 0.15) is 11.5 Å². The first kappa shape index (κ1) is 9.45. The number of carbonyl (C=O) groups excluding carboxylic acids is 2. The molecule has 4 nitrogen and oxygen atoms in total. The zero-order valence-corrected chi connectivity index (χ0v) is 7.98. The first-order valence-electron chi connectivity index (χ1n) is 4.31. The fourth-order valence-corrected chi connectivity index (χ4v) is 1.53. The molecule has 0 aliphatic heterocycles. The number of benzene rings is 1. The Labute approximate surface area is 85.8 Å². The number of ketones is 2. The Balaban J connectivity index is 2.75. The van der Waals surface area contributed by atoms with Gasteiger partial charge in [-0.1, -0.05) is 0 Å². The van der Waals surface area contributed by atoms with E-state index in [-0.39, 0.29) is 34.2 Å². The molecule has 1 aliphatic carbocycles. The van der Waals surface area contributed by atoms with Crippen LogP contribution >= 0.6 is 0 Å². The van der Waals surface area contributed by atoms with E-state index >= 15 is 0 Å². The van der Waals surface area contributed by atoms with E-state index in [1.54, 1.807) is 0 Å². The molecule has 0 saturated heterocycles. The molecule has 1 aliphatic rings. The van der Waals surface area contributed by atoms with Gasteiger partial charge < -0.3 is 9.84 Å². The van der Waals surface area contributed by atoms with E-state index in [0.717, 1.165) is 0 Å². The van der Waals surface area contributed by atoms with Gasteiger partial charge in [0.2, 0.25) is 0 Å². The van der Waals surface area contributed by atoms with Gasteiger partial charge in [0.05, 0.1) is 12.7 Å². The fourth-order valence-electron chi connectivity index (χ4n) is 1.53. The molecule has 0 saturated carbocycles. The molecule has 1 N–H and O–H groups in total. The Morgan fingerprint density at radius 2 is 1.80 bits per heavy atom. The van der Waals surface area contributed by atoms with E-state index < -0.39 is 0 Å². The van der Waals surface area contributed by atoms with E-state index in [2.05, 4.69) is 0 Å². The summed E-state index contributed by atoms with van der Waals surface area (Å²) in [6.45, 7) is 0. The number of fused-ring (bicyclic) bond motifs is 1. The van der Waals surface area contributed by atoms with Crippen molar-refractivity contribution in [3.8, 4) is 11.5 Å². The maximum Gasteiger partial charge on any atom is 0.190 e. The highest BCUT2D eigenvalue weighted by Gasteiger charge is 2.23. The van der Waals surface area contributed by atoms with Gasteiger partial charge in [0.25, 0.3) is 0 Å². The minimum atomic E-state index is -0.307. The molecule has 0 spiro atoms. The Morgan fingerprint density at radius 1 is 1.13 bits per heavy atom. The van der Waals surface area contributed by atoms with E-state index in [0.29, 0.717) is 0 Å². The molecule has 15 heavy (non-hydrogen) atoms. The summed E-state index contributed by atoms with van der Waals surface area (Å²) in [5, 5.41) is 9.34. The Bertz CT molecular complexity index is 486. The van der Waals surface area contributed by atoms with Crippen LogP contribution in [-0.2, 0) is 0 Å². The van der Waals surface area contributed by atoms with Crippen LogP contribution in [0.1, 0.15) is 20.7 Å². The van der Waals surface area contributed by atoms with Gasteiger partial charge in [0.15, 0.2) is 11.6 Å². The van der Waals surface area contributed by atoms with Crippen LogP contribution < -0.4 is 4.74 Å². The van der Waals surface area contributed by atoms with Crippen molar-refractivity contribution in [2.24, 2.45) is 0 Å². The van der Waals surface area contributed by atoms with Crippen molar-refractivity contribution in [1.82, 2.24) is 0 Å². The molecule has 0 radical (unpaired) electrons. The summed E-state index contributed by atoms with van der Waals surface area (Å²) in [5.41, 5.74) is 0.391. The zero-order valence-electron chi connectivity index (χ0n) is 7.98. The molecule has 0 amide bonds. The zero-order chi connectivity index (χ0) is 11.0. The Kier molecular flexibility index (Phi) is 2.04. The SMILES string of the molecule is COc1cc(O)cc2c1C(=O)C=CC2=O. The number of aromatic hydroxyl groups is 1. The van der Waals surface area contributed by atoms with E-state index in [1.165, 1.54) is 31.4 Å². The summed E-state index contributed by atoms with van der Waals surface area (Å²) in [7, 11) is 1.38. The maximum absolute atomic E-state index is 11.5.